The molecule has 5 heteroatoms. The molecule has 2 N–H and O–H groups in total. The van der Waals surface area contributed by atoms with Crippen LogP contribution >= 0.6 is 0 Å². The summed E-state index contributed by atoms with van der Waals surface area (Å²) in [4.78, 5) is 18.5. The van der Waals surface area contributed by atoms with E-state index < -0.39 is 0 Å². The highest BCUT2D eigenvalue weighted by Crippen LogP contribution is 2.15. The van der Waals surface area contributed by atoms with E-state index in [-0.39, 0.29) is 11.5 Å². The van der Waals surface area contributed by atoms with Crippen LogP contribution in [0.4, 0.5) is 11.6 Å². The van der Waals surface area contributed by atoms with Crippen molar-refractivity contribution in [3.8, 4) is 6.07 Å². The minimum Gasteiger partial charge on any atom is -0.326 e. The highest BCUT2D eigenvalue weighted by molar-refractivity contribution is 5.54. The number of hydrogen-bond acceptors (Lipinski definition) is 4. The van der Waals surface area contributed by atoms with E-state index in [0.717, 1.165) is 11.4 Å². The summed E-state index contributed by atoms with van der Waals surface area (Å²) in [5.41, 5.74) is 1.90. The van der Waals surface area contributed by atoms with Gasteiger partial charge >= 0.3 is 0 Å². The van der Waals surface area contributed by atoms with Gasteiger partial charge in [0.1, 0.15) is 0 Å². The summed E-state index contributed by atoms with van der Waals surface area (Å²) >= 11 is 0. The van der Waals surface area contributed by atoms with Gasteiger partial charge in [-0.25, -0.2) is 4.98 Å². The summed E-state index contributed by atoms with van der Waals surface area (Å²) in [5.74, 6) is 0.588. The highest BCUT2D eigenvalue weighted by Gasteiger charge is 2.05. The summed E-state index contributed by atoms with van der Waals surface area (Å²) < 4.78 is 0. The summed E-state index contributed by atoms with van der Waals surface area (Å²) in [7, 11) is 0. The molecule has 0 radical (unpaired) electrons. The van der Waals surface area contributed by atoms with Crippen molar-refractivity contribution in [2.45, 2.75) is 19.8 Å². The fourth-order valence-corrected chi connectivity index (χ4v) is 1.60. The lowest BCUT2D eigenvalue weighted by Gasteiger charge is -2.08. The van der Waals surface area contributed by atoms with Gasteiger partial charge in [-0.05, 0) is 30.2 Å². The first-order valence-electron chi connectivity index (χ1n) is 5.97. The number of nitrogens with zero attached hydrogens (tertiary/aromatic N) is 2. The molecular formula is C14H14N4O. The quantitative estimate of drug-likeness (QED) is 0.881. The number of nitriles is 1. The Hall–Kier alpha value is -2.61. The van der Waals surface area contributed by atoms with Gasteiger partial charge in [-0.2, -0.15) is 5.26 Å². The number of hydrogen-bond donors (Lipinski definition) is 2. The van der Waals surface area contributed by atoms with Gasteiger partial charge in [0.15, 0.2) is 0 Å². The fourth-order valence-electron chi connectivity index (χ4n) is 1.60. The Morgan fingerprint density at radius 2 is 2.00 bits per heavy atom. The largest absolute Gasteiger partial charge is 0.326 e. The molecule has 5 nitrogen and oxygen atoms in total. The van der Waals surface area contributed by atoms with Crippen LogP contribution in [0.3, 0.4) is 0 Å². The standard InChI is InChI=1S/C14H14N4O/c1-9(2)12-7-13(19)18-14(17-12)16-11-5-3-10(8-15)4-6-11/h3-7,9H,1-2H3,(H2,16,17,18,19). The zero-order valence-corrected chi connectivity index (χ0v) is 10.8. The van der Waals surface area contributed by atoms with Crippen LogP contribution in [0.5, 0.6) is 0 Å². The molecule has 0 aliphatic rings. The molecule has 19 heavy (non-hydrogen) atoms. The minimum absolute atomic E-state index is 0.184. The molecule has 0 atom stereocenters. The maximum absolute atomic E-state index is 11.5. The first kappa shape index (κ1) is 12.8. The molecule has 0 fully saturated rings. The van der Waals surface area contributed by atoms with Gasteiger partial charge in [-0.1, -0.05) is 13.8 Å². The van der Waals surface area contributed by atoms with E-state index in [4.69, 9.17) is 5.26 Å². The van der Waals surface area contributed by atoms with Crippen LogP contribution in [0.25, 0.3) is 0 Å². The van der Waals surface area contributed by atoms with E-state index in [9.17, 15) is 4.79 Å². The van der Waals surface area contributed by atoms with Crippen molar-refractivity contribution in [3.05, 3.63) is 51.9 Å². The number of aromatic amines is 1. The maximum Gasteiger partial charge on any atom is 0.252 e. The molecule has 0 unspecified atom stereocenters. The van der Waals surface area contributed by atoms with Gasteiger partial charge < -0.3 is 5.32 Å². The van der Waals surface area contributed by atoms with E-state index in [2.05, 4.69) is 15.3 Å². The van der Waals surface area contributed by atoms with Crippen molar-refractivity contribution in [2.75, 3.05) is 5.32 Å². The van der Waals surface area contributed by atoms with Crippen LogP contribution in [-0.2, 0) is 0 Å². The Morgan fingerprint density at radius 1 is 1.32 bits per heavy atom. The fraction of sp³-hybridized carbons (Fsp3) is 0.214. The Labute approximate surface area is 110 Å². The minimum atomic E-state index is -0.185. The first-order valence-corrected chi connectivity index (χ1v) is 5.97. The van der Waals surface area contributed by atoms with Gasteiger partial charge in [0.05, 0.1) is 17.3 Å². The summed E-state index contributed by atoms with van der Waals surface area (Å²) in [6.45, 7) is 3.96. The van der Waals surface area contributed by atoms with E-state index in [0.29, 0.717) is 11.5 Å². The molecule has 0 saturated carbocycles. The number of aromatic nitrogens is 2. The van der Waals surface area contributed by atoms with Crippen molar-refractivity contribution in [2.24, 2.45) is 0 Å². The molecule has 1 aromatic carbocycles. The molecule has 2 rings (SSSR count). The normalized spacial score (nSPS) is 10.2. The lowest BCUT2D eigenvalue weighted by molar-refractivity contribution is 0.812. The van der Waals surface area contributed by atoms with E-state index in [1.165, 1.54) is 6.07 Å². The summed E-state index contributed by atoms with van der Waals surface area (Å²) in [6.07, 6.45) is 0. The average molecular weight is 254 g/mol. The topological polar surface area (TPSA) is 81.6 Å². The first-order chi connectivity index (χ1) is 9.08. The summed E-state index contributed by atoms with van der Waals surface area (Å²) in [5, 5.41) is 11.7. The molecule has 1 heterocycles. The maximum atomic E-state index is 11.5. The third-order valence-electron chi connectivity index (χ3n) is 2.63. The van der Waals surface area contributed by atoms with Gasteiger partial charge in [0.2, 0.25) is 5.95 Å². The second-order valence-electron chi connectivity index (χ2n) is 4.49. The highest BCUT2D eigenvalue weighted by atomic mass is 16.1. The Kier molecular flexibility index (Phi) is 3.62. The smallest absolute Gasteiger partial charge is 0.252 e. The monoisotopic (exact) mass is 254 g/mol. The van der Waals surface area contributed by atoms with Crippen molar-refractivity contribution >= 4 is 11.6 Å². The Balaban J connectivity index is 2.27. The van der Waals surface area contributed by atoms with Crippen molar-refractivity contribution in [3.63, 3.8) is 0 Å². The van der Waals surface area contributed by atoms with Crippen molar-refractivity contribution in [1.82, 2.24) is 9.97 Å². The van der Waals surface area contributed by atoms with Crippen LogP contribution in [0, 0.1) is 11.3 Å². The van der Waals surface area contributed by atoms with Crippen molar-refractivity contribution < 1.29 is 0 Å². The van der Waals surface area contributed by atoms with Crippen molar-refractivity contribution in [1.29, 1.82) is 5.26 Å². The summed E-state index contributed by atoms with van der Waals surface area (Å²) in [6, 6.07) is 10.5. The zero-order valence-electron chi connectivity index (χ0n) is 10.8. The van der Waals surface area contributed by atoms with Crippen LogP contribution in [0.15, 0.2) is 35.1 Å². The SMILES string of the molecule is CC(C)c1cc(=O)[nH]c(Nc2ccc(C#N)cc2)n1. The van der Waals surface area contributed by atoms with E-state index in [1.54, 1.807) is 24.3 Å². The number of rotatable bonds is 3. The molecular weight excluding hydrogens is 240 g/mol. The van der Waals surface area contributed by atoms with Crippen LogP contribution in [0.1, 0.15) is 31.0 Å². The van der Waals surface area contributed by atoms with Crippen LogP contribution in [-0.4, -0.2) is 9.97 Å². The van der Waals surface area contributed by atoms with E-state index >= 15 is 0 Å². The van der Waals surface area contributed by atoms with Gasteiger partial charge in [0, 0.05) is 11.8 Å². The van der Waals surface area contributed by atoms with Gasteiger partial charge in [-0.3, -0.25) is 9.78 Å². The molecule has 0 saturated heterocycles. The predicted octanol–water partition coefficient (Wildman–Crippen LogP) is 2.51. The second kappa shape index (κ2) is 5.36. The van der Waals surface area contributed by atoms with Crippen LogP contribution in [0.2, 0.25) is 0 Å². The molecule has 0 amide bonds. The molecule has 2 aromatic rings. The lowest BCUT2D eigenvalue weighted by Crippen LogP contribution is -2.12. The van der Waals surface area contributed by atoms with E-state index in [1.807, 2.05) is 19.9 Å². The Morgan fingerprint density at radius 3 is 2.58 bits per heavy atom. The Bertz CT molecular complexity index is 665. The molecule has 0 aliphatic carbocycles. The molecule has 1 aromatic heterocycles. The van der Waals surface area contributed by atoms with Gasteiger partial charge in [0.25, 0.3) is 5.56 Å². The van der Waals surface area contributed by atoms with Gasteiger partial charge in [-0.15, -0.1) is 0 Å². The average Bonchev–Trinajstić information content (AvgIpc) is 2.39. The lowest BCUT2D eigenvalue weighted by atomic mass is 10.1. The zero-order chi connectivity index (χ0) is 13.8. The molecule has 0 spiro atoms. The predicted molar refractivity (Wildman–Crippen MR) is 73.4 cm³/mol. The molecule has 0 aliphatic heterocycles. The van der Waals surface area contributed by atoms with Crippen LogP contribution < -0.4 is 10.9 Å². The number of H-pyrrole nitrogens is 1. The number of benzene rings is 1. The molecule has 0 bridgehead atoms. The number of nitrogens with one attached hydrogen (secondary N) is 2. The number of anilines is 2. The molecule has 96 valence electrons. The third-order valence-corrected chi connectivity index (χ3v) is 2.63. The second-order valence-corrected chi connectivity index (χ2v) is 4.49. The third kappa shape index (κ3) is 3.19.